The van der Waals surface area contributed by atoms with E-state index in [1.165, 1.54) is 4.90 Å². The first kappa shape index (κ1) is 23.2. The van der Waals surface area contributed by atoms with Gasteiger partial charge in [0.25, 0.3) is 0 Å². The second kappa shape index (κ2) is 11.8. The molecule has 0 amide bonds. The van der Waals surface area contributed by atoms with Crippen LogP contribution in [0.2, 0.25) is 0 Å². The number of likely N-dealkylation sites (tertiary alicyclic amines) is 1. The Balaban J connectivity index is 1.64. The maximum absolute atomic E-state index is 12.6. The summed E-state index contributed by atoms with van der Waals surface area (Å²) in [6.45, 7) is 6.44. The van der Waals surface area contributed by atoms with Crippen molar-refractivity contribution in [3.05, 3.63) is 0 Å². The summed E-state index contributed by atoms with van der Waals surface area (Å²) in [4.78, 5) is 7.96. The number of hydrogen-bond donors (Lipinski definition) is 1. The molecule has 0 aromatic heterocycles. The Hall–Kier alpha value is -1.06. The van der Waals surface area contributed by atoms with Crippen LogP contribution >= 0.6 is 0 Å². The van der Waals surface area contributed by atoms with Crippen molar-refractivity contribution < 1.29 is 22.6 Å². The molecule has 2 saturated heterocycles. The van der Waals surface area contributed by atoms with Crippen LogP contribution in [0.25, 0.3) is 0 Å². The van der Waals surface area contributed by atoms with Gasteiger partial charge in [0.1, 0.15) is 0 Å². The molecule has 6 nitrogen and oxygen atoms in total. The first-order valence-corrected chi connectivity index (χ1v) is 10.3. The van der Waals surface area contributed by atoms with E-state index < -0.39 is 12.7 Å². The molecule has 2 aliphatic rings. The van der Waals surface area contributed by atoms with Gasteiger partial charge in [0, 0.05) is 53.0 Å². The molecule has 0 aromatic carbocycles. The number of hydrogen-bond acceptors (Lipinski definition) is 4. The van der Waals surface area contributed by atoms with E-state index in [1.807, 2.05) is 0 Å². The van der Waals surface area contributed by atoms with E-state index in [1.54, 1.807) is 14.0 Å². The number of nitrogens with one attached hydrogen (secondary N) is 1. The van der Waals surface area contributed by atoms with E-state index in [-0.39, 0.29) is 5.92 Å². The lowest BCUT2D eigenvalue weighted by Gasteiger charge is -2.26. The SMILES string of the molecule is CCN(CC1CCN(C(=NC)NCCCOC2CCOCC2)C1)CC(F)(F)F. The number of nitrogens with zero attached hydrogens (tertiary/aromatic N) is 3. The normalized spacial score (nSPS) is 22.3. The summed E-state index contributed by atoms with van der Waals surface area (Å²) in [6, 6.07) is 0. The van der Waals surface area contributed by atoms with Gasteiger partial charge < -0.3 is 19.7 Å². The Morgan fingerprint density at radius 1 is 1.29 bits per heavy atom. The van der Waals surface area contributed by atoms with Gasteiger partial charge in [-0.3, -0.25) is 9.89 Å². The summed E-state index contributed by atoms with van der Waals surface area (Å²) in [5, 5.41) is 3.35. The van der Waals surface area contributed by atoms with E-state index in [0.717, 1.165) is 64.5 Å². The zero-order chi connectivity index (χ0) is 20.4. The second-order valence-corrected chi connectivity index (χ2v) is 7.55. The predicted molar refractivity (Wildman–Crippen MR) is 104 cm³/mol. The molecule has 2 rings (SSSR count). The Kier molecular flexibility index (Phi) is 9.81. The van der Waals surface area contributed by atoms with Crippen LogP contribution in [0.5, 0.6) is 0 Å². The molecule has 1 unspecified atom stereocenters. The third-order valence-corrected chi connectivity index (χ3v) is 5.29. The second-order valence-electron chi connectivity index (χ2n) is 7.55. The molecular formula is C19H35F3N4O2. The average Bonchev–Trinajstić information content (AvgIpc) is 3.12. The van der Waals surface area contributed by atoms with Crippen LogP contribution in [-0.2, 0) is 9.47 Å². The minimum Gasteiger partial charge on any atom is -0.381 e. The van der Waals surface area contributed by atoms with Crippen molar-refractivity contribution in [2.45, 2.75) is 44.9 Å². The lowest BCUT2D eigenvalue weighted by atomic mass is 10.1. The molecule has 2 fully saturated rings. The van der Waals surface area contributed by atoms with E-state index in [9.17, 15) is 13.2 Å². The van der Waals surface area contributed by atoms with Crippen molar-refractivity contribution in [3.8, 4) is 0 Å². The minimum absolute atomic E-state index is 0.234. The van der Waals surface area contributed by atoms with Gasteiger partial charge in [-0.1, -0.05) is 6.92 Å². The molecule has 2 heterocycles. The van der Waals surface area contributed by atoms with Crippen LogP contribution < -0.4 is 5.32 Å². The first-order chi connectivity index (χ1) is 13.4. The van der Waals surface area contributed by atoms with Gasteiger partial charge in [-0.05, 0) is 38.1 Å². The standard InChI is InChI=1S/C19H35F3N4O2/c1-3-25(15-19(20,21)22)13-16-5-9-26(14-16)18(23-2)24-8-4-10-28-17-6-11-27-12-7-17/h16-17H,3-15H2,1-2H3,(H,23,24). The highest BCUT2D eigenvalue weighted by atomic mass is 19.4. The molecule has 0 saturated carbocycles. The summed E-state index contributed by atoms with van der Waals surface area (Å²) in [5.74, 6) is 1.06. The molecule has 164 valence electrons. The van der Waals surface area contributed by atoms with E-state index in [4.69, 9.17) is 9.47 Å². The molecular weight excluding hydrogens is 373 g/mol. The molecule has 28 heavy (non-hydrogen) atoms. The maximum atomic E-state index is 12.6. The summed E-state index contributed by atoms with van der Waals surface area (Å²) < 4.78 is 49.1. The van der Waals surface area contributed by atoms with Crippen LogP contribution in [0.15, 0.2) is 4.99 Å². The van der Waals surface area contributed by atoms with Crippen molar-refractivity contribution in [1.82, 2.24) is 15.1 Å². The summed E-state index contributed by atoms with van der Waals surface area (Å²) in [5.41, 5.74) is 0. The topological polar surface area (TPSA) is 49.3 Å². The Labute approximate surface area is 166 Å². The molecule has 0 aromatic rings. The van der Waals surface area contributed by atoms with E-state index >= 15 is 0 Å². The fourth-order valence-electron chi connectivity index (χ4n) is 3.80. The van der Waals surface area contributed by atoms with Gasteiger partial charge in [0.15, 0.2) is 5.96 Å². The van der Waals surface area contributed by atoms with Gasteiger partial charge in [0.2, 0.25) is 0 Å². The van der Waals surface area contributed by atoms with Gasteiger partial charge in [-0.25, -0.2) is 0 Å². The molecule has 1 atom stereocenters. The highest BCUT2D eigenvalue weighted by molar-refractivity contribution is 5.80. The third kappa shape index (κ3) is 8.53. The zero-order valence-electron chi connectivity index (χ0n) is 17.1. The summed E-state index contributed by atoms with van der Waals surface area (Å²) in [6.07, 6.45) is -0.116. The zero-order valence-corrected chi connectivity index (χ0v) is 17.1. The van der Waals surface area contributed by atoms with Crippen LogP contribution in [0, 0.1) is 5.92 Å². The Morgan fingerprint density at radius 3 is 2.68 bits per heavy atom. The van der Waals surface area contributed by atoms with E-state index in [0.29, 0.717) is 25.8 Å². The van der Waals surface area contributed by atoms with Crippen molar-refractivity contribution >= 4 is 5.96 Å². The first-order valence-electron chi connectivity index (χ1n) is 10.3. The smallest absolute Gasteiger partial charge is 0.381 e. The van der Waals surface area contributed by atoms with Crippen molar-refractivity contribution in [1.29, 1.82) is 0 Å². The molecule has 0 spiro atoms. The van der Waals surface area contributed by atoms with E-state index in [2.05, 4.69) is 15.2 Å². The fourth-order valence-corrected chi connectivity index (χ4v) is 3.80. The van der Waals surface area contributed by atoms with Gasteiger partial charge in [-0.2, -0.15) is 13.2 Å². The molecule has 0 radical (unpaired) electrons. The highest BCUT2D eigenvalue weighted by Crippen LogP contribution is 2.21. The predicted octanol–water partition coefficient (Wildman–Crippen LogP) is 2.35. The van der Waals surface area contributed by atoms with Crippen molar-refractivity contribution in [3.63, 3.8) is 0 Å². The van der Waals surface area contributed by atoms with Gasteiger partial charge in [-0.15, -0.1) is 0 Å². The lowest BCUT2D eigenvalue weighted by Crippen LogP contribution is -2.42. The Morgan fingerprint density at radius 2 is 2.04 bits per heavy atom. The molecule has 0 bridgehead atoms. The van der Waals surface area contributed by atoms with Crippen LogP contribution in [0.1, 0.15) is 32.6 Å². The Bertz CT molecular complexity index is 471. The number of guanidine groups is 1. The third-order valence-electron chi connectivity index (χ3n) is 5.29. The molecule has 0 aliphatic carbocycles. The fraction of sp³-hybridized carbons (Fsp3) is 0.947. The van der Waals surface area contributed by atoms with Crippen molar-refractivity contribution in [2.24, 2.45) is 10.9 Å². The van der Waals surface area contributed by atoms with Gasteiger partial charge in [0.05, 0.1) is 12.6 Å². The number of halogens is 3. The van der Waals surface area contributed by atoms with Crippen molar-refractivity contribution in [2.75, 3.05) is 66.1 Å². The number of rotatable bonds is 9. The van der Waals surface area contributed by atoms with Crippen LogP contribution in [0.4, 0.5) is 13.2 Å². The lowest BCUT2D eigenvalue weighted by molar-refractivity contribution is -0.146. The average molecular weight is 409 g/mol. The molecule has 2 aliphatic heterocycles. The number of alkyl halides is 3. The van der Waals surface area contributed by atoms with Crippen LogP contribution in [0.3, 0.4) is 0 Å². The largest absolute Gasteiger partial charge is 0.401 e. The van der Waals surface area contributed by atoms with Crippen LogP contribution in [-0.4, -0.2) is 94.2 Å². The highest BCUT2D eigenvalue weighted by Gasteiger charge is 2.33. The summed E-state index contributed by atoms with van der Waals surface area (Å²) >= 11 is 0. The minimum atomic E-state index is -4.14. The monoisotopic (exact) mass is 408 g/mol. The quantitative estimate of drug-likeness (QED) is 0.361. The summed E-state index contributed by atoms with van der Waals surface area (Å²) in [7, 11) is 1.75. The number of aliphatic imine (C=N–C) groups is 1. The maximum Gasteiger partial charge on any atom is 0.401 e. The molecule has 1 N–H and O–H groups in total. The van der Waals surface area contributed by atoms with Gasteiger partial charge >= 0.3 is 6.18 Å². The molecule has 9 heteroatoms. The number of ether oxygens (including phenoxy) is 2.